The average molecular weight is 777 g/mol. The molecule has 61 heavy (non-hydrogen) atoms. The van der Waals surface area contributed by atoms with Crippen LogP contribution in [0.5, 0.6) is 0 Å². The zero-order valence-corrected chi connectivity index (χ0v) is 33.1. The van der Waals surface area contributed by atoms with Gasteiger partial charge in [-0.3, -0.25) is 4.57 Å². The van der Waals surface area contributed by atoms with Crippen molar-refractivity contribution in [2.45, 2.75) is 0 Å². The summed E-state index contributed by atoms with van der Waals surface area (Å²) in [7, 11) is 0. The summed E-state index contributed by atoms with van der Waals surface area (Å²) in [6, 6.07) is 77.6. The third kappa shape index (κ3) is 5.88. The number of nitrogens with zero attached hydrogens (tertiary/aromatic N) is 4. The van der Waals surface area contributed by atoms with Crippen LogP contribution < -0.4 is 0 Å². The molecule has 0 aliphatic heterocycles. The Morgan fingerprint density at radius 2 is 0.721 bits per heavy atom. The first-order valence-electron chi connectivity index (χ1n) is 20.7. The summed E-state index contributed by atoms with van der Waals surface area (Å²) in [6.45, 7) is 0. The fraction of sp³-hybridized carbons (Fsp3) is 0. The Kier molecular flexibility index (Phi) is 8.13. The molecule has 0 unspecified atom stereocenters. The molecule has 0 spiro atoms. The van der Waals surface area contributed by atoms with Crippen LogP contribution >= 0.6 is 0 Å². The van der Waals surface area contributed by atoms with Crippen molar-refractivity contribution in [1.29, 1.82) is 0 Å². The Hall–Kier alpha value is -8.21. The van der Waals surface area contributed by atoms with Gasteiger partial charge in [0.2, 0.25) is 5.95 Å². The molecule has 2 heterocycles. The van der Waals surface area contributed by atoms with Gasteiger partial charge in [-0.05, 0) is 78.3 Å². The maximum absolute atomic E-state index is 5.38. The van der Waals surface area contributed by atoms with E-state index in [2.05, 4.69) is 205 Å². The van der Waals surface area contributed by atoms with E-state index in [0.717, 1.165) is 44.1 Å². The molecule has 0 saturated carbocycles. The number of aromatic nitrogens is 4. The minimum Gasteiger partial charge on any atom is -0.277 e. The number of fused-ring (bicyclic) bond motifs is 9. The lowest BCUT2D eigenvalue weighted by Crippen LogP contribution is -2.07. The van der Waals surface area contributed by atoms with Crippen molar-refractivity contribution in [3.8, 4) is 62.1 Å². The largest absolute Gasteiger partial charge is 0.277 e. The molecular formula is C57H36N4. The maximum atomic E-state index is 5.38. The number of hydrogen-bond acceptors (Lipinski definition) is 3. The van der Waals surface area contributed by atoms with Gasteiger partial charge in [-0.15, -0.1) is 0 Å². The summed E-state index contributed by atoms with van der Waals surface area (Å²) in [6.07, 6.45) is 0. The van der Waals surface area contributed by atoms with Gasteiger partial charge in [0, 0.05) is 27.5 Å². The van der Waals surface area contributed by atoms with Crippen molar-refractivity contribution >= 4 is 54.1 Å². The maximum Gasteiger partial charge on any atom is 0.238 e. The lowest BCUT2D eigenvalue weighted by molar-refractivity contribution is 0.954. The Labute approximate surface area is 352 Å². The van der Waals surface area contributed by atoms with E-state index in [9.17, 15) is 0 Å². The summed E-state index contributed by atoms with van der Waals surface area (Å²) in [5.74, 6) is 1.81. The van der Waals surface area contributed by atoms with Gasteiger partial charge in [0.15, 0.2) is 11.6 Å². The molecule has 12 rings (SSSR count). The van der Waals surface area contributed by atoms with Gasteiger partial charge in [-0.25, -0.2) is 4.98 Å². The van der Waals surface area contributed by atoms with Gasteiger partial charge < -0.3 is 0 Å². The highest BCUT2D eigenvalue weighted by molar-refractivity contribution is 6.25. The second kappa shape index (κ2) is 14.3. The number of hydrogen-bond donors (Lipinski definition) is 0. The fourth-order valence-corrected chi connectivity index (χ4v) is 9.17. The molecule has 0 aliphatic carbocycles. The number of rotatable bonds is 6. The van der Waals surface area contributed by atoms with E-state index in [1.54, 1.807) is 0 Å². The van der Waals surface area contributed by atoms with Crippen LogP contribution in [0, 0.1) is 0 Å². The van der Waals surface area contributed by atoms with Crippen molar-refractivity contribution in [3.63, 3.8) is 0 Å². The normalized spacial score (nSPS) is 11.6. The lowest BCUT2D eigenvalue weighted by atomic mass is 9.93. The topological polar surface area (TPSA) is 43.6 Å². The SMILES string of the molecule is c1ccc(-c2cccc(-c3ccc(-c4cccc5c6ccccc6n(-c6nc(-c7ccccc7)nc(-c7ccc8c9ccccc9c9ccccc9c8c7)n6)c45)cc3)c2)cc1. The molecule has 284 valence electrons. The third-order valence-corrected chi connectivity index (χ3v) is 12.1. The van der Waals surface area contributed by atoms with E-state index in [1.807, 2.05) is 18.2 Å². The van der Waals surface area contributed by atoms with Crippen LogP contribution in [0.2, 0.25) is 0 Å². The van der Waals surface area contributed by atoms with Crippen LogP contribution in [0.1, 0.15) is 0 Å². The van der Waals surface area contributed by atoms with Gasteiger partial charge in [-0.1, -0.05) is 200 Å². The van der Waals surface area contributed by atoms with Gasteiger partial charge >= 0.3 is 0 Å². The molecule has 0 N–H and O–H groups in total. The molecule has 4 nitrogen and oxygen atoms in total. The van der Waals surface area contributed by atoms with Crippen molar-refractivity contribution in [2.24, 2.45) is 0 Å². The van der Waals surface area contributed by atoms with Crippen LogP contribution in [0.15, 0.2) is 218 Å². The third-order valence-electron chi connectivity index (χ3n) is 12.1. The van der Waals surface area contributed by atoms with E-state index < -0.39 is 0 Å². The number of benzene rings is 10. The summed E-state index contributed by atoms with van der Waals surface area (Å²) in [4.78, 5) is 15.9. The first kappa shape index (κ1) is 34.8. The molecule has 12 aromatic rings. The van der Waals surface area contributed by atoms with E-state index in [1.165, 1.54) is 54.6 Å². The predicted molar refractivity (Wildman–Crippen MR) is 254 cm³/mol. The predicted octanol–water partition coefficient (Wildman–Crippen LogP) is 14.8. The van der Waals surface area contributed by atoms with Crippen LogP contribution in [0.4, 0.5) is 0 Å². The van der Waals surface area contributed by atoms with Crippen molar-refractivity contribution in [2.75, 3.05) is 0 Å². The molecule has 0 bridgehead atoms. The molecule has 0 amide bonds. The van der Waals surface area contributed by atoms with E-state index >= 15 is 0 Å². The quantitative estimate of drug-likeness (QED) is 0.158. The summed E-state index contributed by atoms with van der Waals surface area (Å²) in [5.41, 5.74) is 10.9. The lowest BCUT2D eigenvalue weighted by Gasteiger charge is -2.14. The van der Waals surface area contributed by atoms with Gasteiger partial charge in [0.25, 0.3) is 0 Å². The Morgan fingerprint density at radius 3 is 1.39 bits per heavy atom. The highest BCUT2D eigenvalue weighted by atomic mass is 15.2. The zero-order valence-electron chi connectivity index (χ0n) is 33.1. The monoisotopic (exact) mass is 776 g/mol. The number of para-hydroxylation sites is 2. The summed E-state index contributed by atoms with van der Waals surface area (Å²) >= 11 is 0. The second-order valence-corrected chi connectivity index (χ2v) is 15.6. The van der Waals surface area contributed by atoms with Crippen LogP contribution in [-0.4, -0.2) is 19.5 Å². The fourth-order valence-electron chi connectivity index (χ4n) is 9.17. The molecule has 0 fully saturated rings. The average Bonchev–Trinajstić information content (AvgIpc) is 3.69. The second-order valence-electron chi connectivity index (χ2n) is 15.6. The van der Waals surface area contributed by atoms with Gasteiger partial charge in [0.05, 0.1) is 11.0 Å². The molecule has 10 aromatic carbocycles. The highest BCUT2D eigenvalue weighted by Crippen LogP contribution is 2.40. The van der Waals surface area contributed by atoms with E-state index in [-0.39, 0.29) is 0 Å². The molecule has 2 aromatic heterocycles. The van der Waals surface area contributed by atoms with Gasteiger partial charge in [0.1, 0.15) is 0 Å². The molecule has 0 atom stereocenters. The minimum absolute atomic E-state index is 0.570. The smallest absolute Gasteiger partial charge is 0.238 e. The molecule has 0 aliphatic rings. The zero-order chi connectivity index (χ0) is 40.3. The minimum atomic E-state index is 0.570. The van der Waals surface area contributed by atoms with Crippen molar-refractivity contribution < 1.29 is 0 Å². The first-order valence-corrected chi connectivity index (χ1v) is 20.7. The first-order chi connectivity index (χ1) is 30.2. The van der Waals surface area contributed by atoms with Crippen molar-refractivity contribution in [1.82, 2.24) is 19.5 Å². The molecule has 0 saturated heterocycles. The highest BCUT2D eigenvalue weighted by Gasteiger charge is 2.21. The summed E-state index contributed by atoms with van der Waals surface area (Å²) in [5, 5.41) is 9.58. The Balaban J connectivity index is 1.06. The van der Waals surface area contributed by atoms with Crippen LogP contribution in [0.25, 0.3) is 116 Å². The summed E-state index contributed by atoms with van der Waals surface area (Å²) < 4.78 is 2.23. The van der Waals surface area contributed by atoms with Crippen LogP contribution in [0.3, 0.4) is 0 Å². The van der Waals surface area contributed by atoms with Crippen molar-refractivity contribution in [3.05, 3.63) is 218 Å². The van der Waals surface area contributed by atoms with E-state index in [0.29, 0.717) is 17.6 Å². The van der Waals surface area contributed by atoms with E-state index in [4.69, 9.17) is 15.0 Å². The molecule has 0 radical (unpaired) electrons. The molecule has 4 heteroatoms. The van der Waals surface area contributed by atoms with Gasteiger partial charge in [-0.2, -0.15) is 9.97 Å². The Morgan fingerprint density at radius 1 is 0.262 bits per heavy atom. The molecular weight excluding hydrogens is 741 g/mol. The van der Waals surface area contributed by atoms with Crippen LogP contribution in [-0.2, 0) is 0 Å². The Bertz CT molecular complexity index is 3590. The standard InChI is InChI=1S/C57H36N4/c1-3-15-37(16-4-1)41-19-13-20-42(35-41)38-29-31-39(32-30-38)44-26-14-27-51-50-25-11-12-28-53(50)61(54(44)51)57-59-55(40-17-5-2-6-18-40)58-56(60-57)43-33-34-49-47-23-8-7-21-45(47)46-22-9-10-24-48(46)52(49)36-43/h1-36H.